The average molecular weight is 277 g/mol. The summed E-state index contributed by atoms with van der Waals surface area (Å²) in [5.41, 5.74) is 7.44. The van der Waals surface area contributed by atoms with Crippen LogP contribution >= 0.6 is 0 Å². The van der Waals surface area contributed by atoms with Gasteiger partial charge in [0, 0.05) is 12.2 Å². The van der Waals surface area contributed by atoms with Crippen molar-refractivity contribution in [2.45, 2.75) is 26.9 Å². The molecule has 1 aliphatic heterocycles. The van der Waals surface area contributed by atoms with Gasteiger partial charge in [0.1, 0.15) is 5.75 Å². The Morgan fingerprint density at radius 1 is 1.45 bits per heavy atom. The fraction of sp³-hybridized carbons (Fsp3) is 0.533. The van der Waals surface area contributed by atoms with Crippen molar-refractivity contribution < 1.29 is 9.53 Å². The molecule has 0 radical (unpaired) electrons. The first-order chi connectivity index (χ1) is 9.51. The summed E-state index contributed by atoms with van der Waals surface area (Å²) >= 11 is 0. The monoisotopic (exact) mass is 277 g/mol. The minimum absolute atomic E-state index is 0.114. The topological polar surface area (TPSA) is 76.4 Å². The molecule has 0 fully saturated rings. The number of nitrogens with one attached hydrogen (secondary N) is 2. The molecular formula is C15H23N3O2. The van der Waals surface area contributed by atoms with Crippen molar-refractivity contribution in [2.24, 2.45) is 17.6 Å². The van der Waals surface area contributed by atoms with Gasteiger partial charge in [-0.3, -0.25) is 4.79 Å². The van der Waals surface area contributed by atoms with Crippen LogP contribution in [-0.2, 0) is 4.79 Å². The molecule has 4 N–H and O–H groups in total. The Labute approximate surface area is 119 Å². The minimum atomic E-state index is -0.441. The molecule has 0 aromatic heterocycles. The Kier molecular flexibility index (Phi) is 4.49. The first-order valence-corrected chi connectivity index (χ1v) is 7.06. The third-order valence-corrected chi connectivity index (χ3v) is 3.72. The van der Waals surface area contributed by atoms with Crippen LogP contribution in [0.3, 0.4) is 0 Å². The molecule has 1 aromatic carbocycles. The first-order valence-electron chi connectivity index (χ1n) is 7.06. The largest absolute Gasteiger partial charge is 0.479 e. The van der Waals surface area contributed by atoms with Crippen LogP contribution in [0.4, 0.5) is 11.4 Å². The fourth-order valence-corrected chi connectivity index (χ4v) is 2.16. The molecular weight excluding hydrogens is 254 g/mol. The van der Waals surface area contributed by atoms with Gasteiger partial charge in [0.25, 0.3) is 5.91 Å². The number of hydrogen-bond acceptors (Lipinski definition) is 4. The number of anilines is 2. The summed E-state index contributed by atoms with van der Waals surface area (Å²) in [6.07, 6.45) is -0.441. The van der Waals surface area contributed by atoms with Crippen molar-refractivity contribution in [3.05, 3.63) is 18.2 Å². The van der Waals surface area contributed by atoms with E-state index in [0.29, 0.717) is 29.8 Å². The van der Waals surface area contributed by atoms with Gasteiger partial charge in [-0.2, -0.15) is 0 Å². The van der Waals surface area contributed by atoms with Crippen LogP contribution in [0.2, 0.25) is 0 Å². The quantitative estimate of drug-likeness (QED) is 0.770. The predicted molar refractivity (Wildman–Crippen MR) is 81.0 cm³/mol. The first kappa shape index (κ1) is 14.7. The summed E-state index contributed by atoms with van der Waals surface area (Å²) in [4.78, 5) is 11.6. The number of benzene rings is 1. The third kappa shape index (κ3) is 3.22. The summed E-state index contributed by atoms with van der Waals surface area (Å²) in [5.74, 6) is 1.56. The van der Waals surface area contributed by atoms with Gasteiger partial charge in [-0.15, -0.1) is 0 Å². The SMILES string of the molecule is CC1Oc2ccc(NCC(CN)C(C)C)cc2NC1=O. The normalized spacial score (nSPS) is 19.1. The third-order valence-electron chi connectivity index (χ3n) is 3.72. The van der Waals surface area contributed by atoms with Crippen LogP contribution < -0.4 is 21.1 Å². The van der Waals surface area contributed by atoms with E-state index in [1.54, 1.807) is 6.92 Å². The molecule has 1 aromatic rings. The standard InChI is InChI=1S/C15H23N3O2/c1-9(2)11(7-16)8-17-12-4-5-14-13(6-12)18-15(19)10(3)20-14/h4-6,9-11,17H,7-8,16H2,1-3H3,(H,18,19). The summed E-state index contributed by atoms with van der Waals surface area (Å²) in [7, 11) is 0. The second kappa shape index (κ2) is 6.13. The van der Waals surface area contributed by atoms with Gasteiger partial charge in [-0.05, 0) is 43.5 Å². The van der Waals surface area contributed by atoms with Crippen LogP contribution in [0.15, 0.2) is 18.2 Å². The molecule has 1 heterocycles. The van der Waals surface area contributed by atoms with Gasteiger partial charge in [0.05, 0.1) is 5.69 Å². The zero-order chi connectivity index (χ0) is 14.7. The zero-order valence-corrected chi connectivity index (χ0v) is 12.3. The molecule has 1 aliphatic rings. The number of amides is 1. The van der Waals surface area contributed by atoms with Crippen LogP contribution in [0.1, 0.15) is 20.8 Å². The molecule has 0 spiro atoms. The lowest BCUT2D eigenvalue weighted by molar-refractivity contribution is -0.122. The smallest absolute Gasteiger partial charge is 0.265 e. The number of rotatable bonds is 5. The molecule has 0 bridgehead atoms. The Bertz CT molecular complexity index is 488. The predicted octanol–water partition coefficient (Wildman–Crippen LogP) is 2.05. The average Bonchev–Trinajstić information content (AvgIpc) is 2.40. The van der Waals surface area contributed by atoms with Gasteiger partial charge < -0.3 is 21.1 Å². The lowest BCUT2D eigenvalue weighted by Gasteiger charge is -2.24. The Hall–Kier alpha value is -1.75. The van der Waals surface area contributed by atoms with E-state index < -0.39 is 6.10 Å². The highest BCUT2D eigenvalue weighted by atomic mass is 16.5. The highest BCUT2D eigenvalue weighted by molar-refractivity contribution is 5.98. The highest BCUT2D eigenvalue weighted by Gasteiger charge is 2.23. The second-order valence-corrected chi connectivity index (χ2v) is 5.58. The van der Waals surface area contributed by atoms with Crippen LogP contribution in [0.25, 0.3) is 0 Å². The van der Waals surface area contributed by atoms with E-state index in [4.69, 9.17) is 10.5 Å². The van der Waals surface area contributed by atoms with E-state index in [0.717, 1.165) is 12.2 Å². The Balaban J connectivity index is 2.04. The van der Waals surface area contributed by atoms with Crippen molar-refractivity contribution in [3.63, 3.8) is 0 Å². The second-order valence-electron chi connectivity index (χ2n) is 5.58. The molecule has 110 valence electrons. The van der Waals surface area contributed by atoms with Gasteiger partial charge >= 0.3 is 0 Å². The zero-order valence-electron chi connectivity index (χ0n) is 12.3. The van der Waals surface area contributed by atoms with Crippen LogP contribution in [0.5, 0.6) is 5.75 Å². The van der Waals surface area contributed by atoms with E-state index in [1.807, 2.05) is 18.2 Å². The molecule has 20 heavy (non-hydrogen) atoms. The maximum absolute atomic E-state index is 11.6. The maximum atomic E-state index is 11.6. The van der Waals surface area contributed by atoms with Crippen molar-refractivity contribution in [3.8, 4) is 5.75 Å². The lowest BCUT2D eigenvalue weighted by Crippen LogP contribution is -2.34. The van der Waals surface area contributed by atoms with Gasteiger partial charge in [-0.1, -0.05) is 13.8 Å². The van der Waals surface area contributed by atoms with Crippen molar-refractivity contribution in [1.82, 2.24) is 0 Å². The molecule has 5 nitrogen and oxygen atoms in total. The molecule has 1 amide bonds. The summed E-state index contributed by atoms with van der Waals surface area (Å²) in [6.45, 7) is 7.55. The van der Waals surface area contributed by atoms with E-state index >= 15 is 0 Å². The minimum Gasteiger partial charge on any atom is -0.479 e. The van der Waals surface area contributed by atoms with Crippen LogP contribution in [0, 0.1) is 11.8 Å². The van der Waals surface area contributed by atoms with Crippen LogP contribution in [-0.4, -0.2) is 25.1 Å². The van der Waals surface area contributed by atoms with Gasteiger partial charge in [0.15, 0.2) is 6.10 Å². The number of hydrogen-bond donors (Lipinski definition) is 3. The van der Waals surface area contributed by atoms with Gasteiger partial charge in [-0.25, -0.2) is 0 Å². The number of nitrogens with two attached hydrogens (primary N) is 1. The van der Waals surface area contributed by atoms with E-state index in [1.165, 1.54) is 0 Å². The Morgan fingerprint density at radius 3 is 2.85 bits per heavy atom. The van der Waals surface area contributed by atoms with E-state index in [2.05, 4.69) is 24.5 Å². The molecule has 2 rings (SSSR count). The van der Waals surface area contributed by atoms with Crippen molar-refractivity contribution in [1.29, 1.82) is 0 Å². The number of ether oxygens (including phenoxy) is 1. The summed E-state index contributed by atoms with van der Waals surface area (Å²) in [6, 6.07) is 5.73. The van der Waals surface area contributed by atoms with E-state index in [-0.39, 0.29) is 5.91 Å². The maximum Gasteiger partial charge on any atom is 0.265 e. The molecule has 0 saturated heterocycles. The highest BCUT2D eigenvalue weighted by Crippen LogP contribution is 2.32. The van der Waals surface area contributed by atoms with E-state index in [9.17, 15) is 4.79 Å². The van der Waals surface area contributed by atoms with Crippen molar-refractivity contribution in [2.75, 3.05) is 23.7 Å². The Morgan fingerprint density at radius 2 is 2.20 bits per heavy atom. The lowest BCUT2D eigenvalue weighted by atomic mass is 9.96. The molecule has 2 unspecified atom stereocenters. The van der Waals surface area contributed by atoms with Crippen molar-refractivity contribution >= 4 is 17.3 Å². The fourth-order valence-electron chi connectivity index (χ4n) is 2.16. The number of fused-ring (bicyclic) bond motifs is 1. The molecule has 2 atom stereocenters. The summed E-state index contributed by atoms with van der Waals surface area (Å²) < 4.78 is 5.52. The molecule has 0 aliphatic carbocycles. The number of carbonyl (C=O) groups excluding carboxylic acids is 1. The number of carbonyl (C=O) groups is 1. The summed E-state index contributed by atoms with van der Waals surface area (Å²) in [5, 5.41) is 6.21. The molecule has 5 heteroatoms. The van der Waals surface area contributed by atoms with Gasteiger partial charge in [0.2, 0.25) is 0 Å². The molecule has 0 saturated carbocycles.